The fourth-order valence-electron chi connectivity index (χ4n) is 0.893. The number of anilines is 1. The van der Waals surface area contributed by atoms with Crippen LogP contribution in [-0.2, 0) is 0 Å². The summed E-state index contributed by atoms with van der Waals surface area (Å²) in [6, 6.07) is 3.51. The van der Waals surface area contributed by atoms with Crippen LogP contribution < -0.4 is 5.32 Å². The van der Waals surface area contributed by atoms with Crippen LogP contribution in [0.15, 0.2) is 18.2 Å². The fourth-order valence-corrected chi connectivity index (χ4v) is 0.893. The maximum atomic E-state index is 12.9. The summed E-state index contributed by atoms with van der Waals surface area (Å²) in [4.78, 5) is 0. The van der Waals surface area contributed by atoms with Crippen LogP contribution in [0.5, 0.6) is 0 Å². The molecule has 1 nitrogen and oxygen atoms in total. The maximum Gasteiger partial charge on any atom is 0.149 e. The molecule has 1 aromatic carbocycles. The SMILES string of the molecule is CCCNc1ccc(F)cc1F. The smallest absolute Gasteiger partial charge is 0.149 e. The minimum Gasteiger partial charge on any atom is -0.383 e. The van der Waals surface area contributed by atoms with E-state index < -0.39 is 11.6 Å². The van der Waals surface area contributed by atoms with Crippen LogP contribution >= 0.6 is 0 Å². The Morgan fingerprint density at radius 1 is 1.33 bits per heavy atom. The molecule has 0 aromatic heterocycles. The van der Waals surface area contributed by atoms with Gasteiger partial charge in [0.15, 0.2) is 0 Å². The number of hydrogen-bond donors (Lipinski definition) is 1. The Kier molecular flexibility index (Phi) is 3.02. The van der Waals surface area contributed by atoms with E-state index in [9.17, 15) is 8.78 Å². The van der Waals surface area contributed by atoms with Gasteiger partial charge in [0, 0.05) is 12.6 Å². The standard InChI is InChI=1S/C9H11F2N/c1-2-5-12-9-4-3-7(10)6-8(9)11/h3-4,6,12H,2,5H2,1H3. The molecule has 0 amide bonds. The van der Waals surface area contributed by atoms with Crippen LogP contribution in [0.1, 0.15) is 13.3 Å². The number of hydrogen-bond acceptors (Lipinski definition) is 1. The summed E-state index contributed by atoms with van der Waals surface area (Å²) >= 11 is 0. The molecule has 0 aliphatic carbocycles. The van der Waals surface area contributed by atoms with Crippen molar-refractivity contribution >= 4 is 5.69 Å². The summed E-state index contributed by atoms with van der Waals surface area (Å²) in [5.41, 5.74) is 0.359. The van der Waals surface area contributed by atoms with E-state index in [0.717, 1.165) is 12.5 Å². The van der Waals surface area contributed by atoms with E-state index in [1.165, 1.54) is 12.1 Å². The van der Waals surface area contributed by atoms with Gasteiger partial charge in [0.1, 0.15) is 11.6 Å². The van der Waals surface area contributed by atoms with Gasteiger partial charge in [-0.3, -0.25) is 0 Å². The Hall–Kier alpha value is -1.12. The average molecular weight is 171 g/mol. The van der Waals surface area contributed by atoms with E-state index in [-0.39, 0.29) is 0 Å². The highest BCUT2D eigenvalue weighted by Crippen LogP contribution is 2.14. The van der Waals surface area contributed by atoms with Crippen molar-refractivity contribution in [3.63, 3.8) is 0 Å². The Labute approximate surface area is 70.4 Å². The lowest BCUT2D eigenvalue weighted by atomic mass is 10.3. The molecule has 0 atom stereocenters. The number of benzene rings is 1. The fraction of sp³-hybridized carbons (Fsp3) is 0.333. The van der Waals surface area contributed by atoms with Crippen molar-refractivity contribution in [3.8, 4) is 0 Å². The minimum absolute atomic E-state index is 0.359. The van der Waals surface area contributed by atoms with E-state index in [1.54, 1.807) is 0 Å². The van der Waals surface area contributed by atoms with Crippen molar-refractivity contribution in [3.05, 3.63) is 29.8 Å². The van der Waals surface area contributed by atoms with E-state index in [2.05, 4.69) is 5.32 Å². The van der Waals surface area contributed by atoms with Gasteiger partial charge in [-0.25, -0.2) is 8.78 Å². The van der Waals surface area contributed by atoms with Crippen molar-refractivity contribution in [2.75, 3.05) is 11.9 Å². The Morgan fingerprint density at radius 2 is 2.08 bits per heavy atom. The first-order valence-electron chi connectivity index (χ1n) is 3.93. The zero-order valence-electron chi connectivity index (χ0n) is 6.90. The molecule has 0 heterocycles. The van der Waals surface area contributed by atoms with E-state index in [0.29, 0.717) is 12.2 Å². The van der Waals surface area contributed by atoms with Gasteiger partial charge >= 0.3 is 0 Å². The van der Waals surface area contributed by atoms with Crippen molar-refractivity contribution in [1.29, 1.82) is 0 Å². The van der Waals surface area contributed by atoms with Gasteiger partial charge in [0.05, 0.1) is 5.69 Å². The molecule has 0 aliphatic heterocycles. The first-order chi connectivity index (χ1) is 5.74. The second kappa shape index (κ2) is 4.04. The molecule has 12 heavy (non-hydrogen) atoms. The predicted octanol–water partition coefficient (Wildman–Crippen LogP) is 2.79. The summed E-state index contributed by atoms with van der Waals surface area (Å²) in [5, 5.41) is 2.85. The lowest BCUT2D eigenvalue weighted by Gasteiger charge is -2.04. The summed E-state index contributed by atoms with van der Waals surface area (Å²) < 4.78 is 25.3. The Balaban J connectivity index is 2.72. The third-order valence-electron chi connectivity index (χ3n) is 1.50. The molecule has 0 unspecified atom stereocenters. The van der Waals surface area contributed by atoms with E-state index >= 15 is 0 Å². The largest absolute Gasteiger partial charge is 0.383 e. The van der Waals surface area contributed by atoms with Crippen LogP contribution in [0, 0.1) is 11.6 Å². The zero-order chi connectivity index (χ0) is 8.97. The van der Waals surface area contributed by atoms with E-state index in [4.69, 9.17) is 0 Å². The first kappa shape index (κ1) is 8.97. The first-order valence-corrected chi connectivity index (χ1v) is 3.93. The summed E-state index contributed by atoms with van der Waals surface area (Å²) in [7, 11) is 0. The maximum absolute atomic E-state index is 12.9. The van der Waals surface area contributed by atoms with Gasteiger partial charge in [-0.15, -0.1) is 0 Å². The molecule has 0 aliphatic rings. The molecule has 0 saturated carbocycles. The Morgan fingerprint density at radius 3 is 2.67 bits per heavy atom. The second-order valence-electron chi connectivity index (χ2n) is 2.55. The van der Waals surface area contributed by atoms with Crippen molar-refractivity contribution in [1.82, 2.24) is 0 Å². The molecule has 1 aromatic rings. The summed E-state index contributed by atoms with van der Waals surface area (Å²) in [5.74, 6) is -1.09. The highest BCUT2D eigenvalue weighted by atomic mass is 19.1. The van der Waals surface area contributed by atoms with Gasteiger partial charge in [0.2, 0.25) is 0 Å². The normalized spacial score (nSPS) is 9.92. The van der Waals surface area contributed by atoms with Gasteiger partial charge in [-0.1, -0.05) is 6.92 Å². The molecule has 1 rings (SSSR count). The third kappa shape index (κ3) is 2.19. The van der Waals surface area contributed by atoms with Crippen LogP contribution in [0.4, 0.5) is 14.5 Å². The molecule has 0 radical (unpaired) electrons. The molecular weight excluding hydrogens is 160 g/mol. The highest BCUT2D eigenvalue weighted by Gasteiger charge is 2.01. The molecular formula is C9H11F2N. The summed E-state index contributed by atoms with van der Waals surface area (Å²) in [6.45, 7) is 2.68. The molecule has 0 fully saturated rings. The second-order valence-corrected chi connectivity index (χ2v) is 2.55. The minimum atomic E-state index is -0.547. The van der Waals surface area contributed by atoms with Gasteiger partial charge < -0.3 is 5.32 Å². The van der Waals surface area contributed by atoms with Crippen LogP contribution in [0.3, 0.4) is 0 Å². The van der Waals surface area contributed by atoms with Crippen LogP contribution in [0.2, 0.25) is 0 Å². The van der Waals surface area contributed by atoms with Crippen LogP contribution in [-0.4, -0.2) is 6.54 Å². The molecule has 0 spiro atoms. The topological polar surface area (TPSA) is 12.0 Å². The predicted molar refractivity (Wildman–Crippen MR) is 45.1 cm³/mol. The van der Waals surface area contributed by atoms with Crippen molar-refractivity contribution < 1.29 is 8.78 Å². The molecule has 0 saturated heterocycles. The monoisotopic (exact) mass is 171 g/mol. The summed E-state index contributed by atoms with van der Waals surface area (Å²) in [6.07, 6.45) is 0.914. The van der Waals surface area contributed by atoms with Gasteiger partial charge in [-0.05, 0) is 18.6 Å². The molecule has 3 heteroatoms. The quantitative estimate of drug-likeness (QED) is 0.737. The number of nitrogens with one attached hydrogen (secondary N) is 1. The number of rotatable bonds is 3. The third-order valence-corrected chi connectivity index (χ3v) is 1.50. The van der Waals surface area contributed by atoms with E-state index in [1.807, 2.05) is 6.92 Å². The van der Waals surface area contributed by atoms with Gasteiger partial charge in [0.25, 0.3) is 0 Å². The lowest BCUT2D eigenvalue weighted by Crippen LogP contribution is -2.01. The lowest BCUT2D eigenvalue weighted by molar-refractivity contribution is 0.585. The Bertz CT molecular complexity index is 261. The molecule has 66 valence electrons. The zero-order valence-corrected chi connectivity index (χ0v) is 6.90. The molecule has 1 N–H and O–H groups in total. The highest BCUT2D eigenvalue weighted by molar-refractivity contribution is 5.44. The van der Waals surface area contributed by atoms with Crippen molar-refractivity contribution in [2.45, 2.75) is 13.3 Å². The average Bonchev–Trinajstić information content (AvgIpc) is 2.03. The van der Waals surface area contributed by atoms with Crippen molar-refractivity contribution in [2.24, 2.45) is 0 Å². The molecule has 0 bridgehead atoms. The number of halogens is 2. The van der Waals surface area contributed by atoms with Gasteiger partial charge in [-0.2, -0.15) is 0 Å². The van der Waals surface area contributed by atoms with Crippen LogP contribution in [0.25, 0.3) is 0 Å².